The highest BCUT2D eigenvalue weighted by Crippen LogP contribution is 2.41. The van der Waals surface area contributed by atoms with Gasteiger partial charge in [-0.3, -0.25) is 9.08 Å². The van der Waals surface area contributed by atoms with Crippen LogP contribution in [-0.4, -0.2) is 60.7 Å². The van der Waals surface area contributed by atoms with Crippen LogP contribution >= 0.6 is 0 Å². The molecule has 0 aliphatic carbocycles. The van der Waals surface area contributed by atoms with E-state index in [-0.39, 0.29) is 6.54 Å². The van der Waals surface area contributed by atoms with E-state index in [2.05, 4.69) is 4.18 Å². The van der Waals surface area contributed by atoms with E-state index in [1.165, 1.54) is 0 Å². The van der Waals surface area contributed by atoms with Crippen LogP contribution in [-0.2, 0) is 14.3 Å². The first kappa shape index (κ1) is 15.2. The van der Waals surface area contributed by atoms with Crippen LogP contribution in [0.25, 0.3) is 0 Å². The molecular formula is C10H19NO6S. The fraction of sp³-hybridized carbons (Fsp3) is 0.900. The first-order valence-corrected chi connectivity index (χ1v) is 7.25. The fourth-order valence-electron chi connectivity index (χ4n) is 2.44. The lowest BCUT2D eigenvalue weighted by Gasteiger charge is -2.57. The van der Waals surface area contributed by atoms with Gasteiger partial charge in [-0.1, -0.05) is 20.8 Å². The van der Waals surface area contributed by atoms with Crippen molar-refractivity contribution in [3.05, 3.63) is 0 Å². The zero-order valence-corrected chi connectivity index (χ0v) is 11.7. The number of amides is 1. The van der Waals surface area contributed by atoms with Gasteiger partial charge in [-0.05, 0) is 5.41 Å². The molecule has 106 valence electrons. The summed E-state index contributed by atoms with van der Waals surface area (Å²) >= 11 is 0. The van der Waals surface area contributed by atoms with Crippen molar-refractivity contribution in [2.45, 2.75) is 32.4 Å². The van der Waals surface area contributed by atoms with Gasteiger partial charge in [0.1, 0.15) is 5.60 Å². The molecule has 2 atom stereocenters. The topological polar surface area (TPSA) is 104 Å². The van der Waals surface area contributed by atoms with Gasteiger partial charge in [-0.2, -0.15) is 8.42 Å². The quantitative estimate of drug-likeness (QED) is 0.711. The molecule has 0 saturated carbocycles. The molecule has 1 saturated heterocycles. The Morgan fingerprint density at radius 3 is 2.33 bits per heavy atom. The molecule has 0 radical (unpaired) electrons. The molecule has 1 rings (SSSR count). The molecule has 0 aromatic carbocycles. The molecule has 1 aliphatic heterocycles. The fourth-order valence-corrected chi connectivity index (χ4v) is 2.85. The Bertz CT molecular complexity index is 440. The highest BCUT2D eigenvalue weighted by atomic mass is 32.2. The number of hydrogen-bond donors (Lipinski definition) is 2. The van der Waals surface area contributed by atoms with Gasteiger partial charge < -0.3 is 10.2 Å². The van der Waals surface area contributed by atoms with Gasteiger partial charge in [-0.25, -0.2) is 4.79 Å². The molecule has 0 aromatic rings. The lowest BCUT2D eigenvalue weighted by Crippen LogP contribution is -2.76. The number of β-amino-alcohol motifs (C(OH)–C–C–N with tert-alkyl or cyclic N) is 1. The summed E-state index contributed by atoms with van der Waals surface area (Å²) in [7, 11) is -3.67. The minimum atomic E-state index is -3.67. The maximum absolute atomic E-state index is 11.0. The molecular weight excluding hydrogens is 262 g/mol. The third-order valence-electron chi connectivity index (χ3n) is 2.85. The molecule has 2 N–H and O–H groups in total. The first-order valence-electron chi connectivity index (χ1n) is 5.43. The van der Waals surface area contributed by atoms with Crippen LogP contribution in [0.3, 0.4) is 0 Å². The summed E-state index contributed by atoms with van der Waals surface area (Å²) in [5.74, 6) is 0. The number of carboxylic acid groups (broad SMARTS) is 1. The van der Waals surface area contributed by atoms with Crippen molar-refractivity contribution >= 4 is 16.2 Å². The van der Waals surface area contributed by atoms with Crippen molar-refractivity contribution in [2.24, 2.45) is 5.41 Å². The second-order valence-corrected chi connectivity index (χ2v) is 7.39. The van der Waals surface area contributed by atoms with E-state index in [9.17, 15) is 18.3 Å². The average molecular weight is 281 g/mol. The van der Waals surface area contributed by atoms with E-state index >= 15 is 0 Å². The average Bonchev–Trinajstić information content (AvgIpc) is 2.06. The third-order valence-corrected chi connectivity index (χ3v) is 3.40. The van der Waals surface area contributed by atoms with Gasteiger partial charge in [0.05, 0.1) is 25.4 Å². The van der Waals surface area contributed by atoms with Crippen LogP contribution in [0.5, 0.6) is 0 Å². The molecule has 0 aromatic heterocycles. The minimum absolute atomic E-state index is 0.153. The van der Waals surface area contributed by atoms with Crippen LogP contribution in [0.2, 0.25) is 0 Å². The Morgan fingerprint density at radius 1 is 1.50 bits per heavy atom. The molecule has 2 unspecified atom stereocenters. The smallest absolute Gasteiger partial charge is 0.407 e. The number of hydrogen-bond acceptors (Lipinski definition) is 5. The van der Waals surface area contributed by atoms with Crippen molar-refractivity contribution in [3.63, 3.8) is 0 Å². The van der Waals surface area contributed by atoms with E-state index < -0.39 is 39.9 Å². The number of carbonyl (C=O) groups is 1. The zero-order chi connectivity index (χ0) is 14.4. The normalized spacial score (nSPS) is 28.9. The summed E-state index contributed by atoms with van der Waals surface area (Å²) in [6.45, 7) is 4.74. The van der Waals surface area contributed by atoms with Crippen LogP contribution < -0.4 is 0 Å². The standard InChI is InChI=1S/C10H19NO6S/c1-9(2,3)7-10(14,5-11(7)8(12)13)6-17-18(4,15)16/h7,14H,5-6H2,1-4H3,(H,12,13). The van der Waals surface area contributed by atoms with Crippen LogP contribution in [0.15, 0.2) is 0 Å². The van der Waals surface area contributed by atoms with Crippen LogP contribution in [0.4, 0.5) is 4.79 Å². The van der Waals surface area contributed by atoms with E-state index in [0.29, 0.717) is 0 Å². The summed E-state index contributed by atoms with van der Waals surface area (Å²) in [6.07, 6.45) is -0.255. The maximum atomic E-state index is 11.0. The maximum Gasteiger partial charge on any atom is 0.407 e. The second-order valence-electron chi connectivity index (χ2n) is 5.75. The highest BCUT2D eigenvalue weighted by Gasteiger charge is 2.59. The Kier molecular flexibility index (Phi) is 3.68. The number of nitrogens with zero attached hydrogens (tertiary/aromatic N) is 1. The van der Waals surface area contributed by atoms with Crippen molar-refractivity contribution in [2.75, 3.05) is 19.4 Å². The lowest BCUT2D eigenvalue weighted by atomic mass is 9.69. The van der Waals surface area contributed by atoms with Gasteiger partial charge >= 0.3 is 6.09 Å². The predicted octanol–water partition coefficient (Wildman–Crippen LogP) is 0.102. The summed E-state index contributed by atoms with van der Waals surface area (Å²) < 4.78 is 26.4. The predicted molar refractivity (Wildman–Crippen MR) is 63.7 cm³/mol. The molecule has 1 aliphatic rings. The summed E-state index contributed by atoms with van der Waals surface area (Å²) in [5, 5.41) is 19.3. The third kappa shape index (κ3) is 3.12. The molecule has 1 fully saturated rings. The van der Waals surface area contributed by atoms with Crippen LogP contribution in [0.1, 0.15) is 20.8 Å². The molecule has 1 amide bonds. The van der Waals surface area contributed by atoms with Gasteiger partial charge in [0.15, 0.2) is 0 Å². The first-order chi connectivity index (χ1) is 7.87. The molecule has 18 heavy (non-hydrogen) atoms. The zero-order valence-electron chi connectivity index (χ0n) is 10.9. The van der Waals surface area contributed by atoms with E-state index in [0.717, 1.165) is 11.2 Å². The van der Waals surface area contributed by atoms with Crippen molar-refractivity contribution in [1.29, 1.82) is 0 Å². The molecule has 0 spiro atoms. The number of rotatable bonds is 3. The van der Waals surface area contributed by atoms with Crippen molar-refractivity contribution in [1.82, 2.24) is 4.90 Å². The molecule has 8 heteroatoms. The largest absolute Gasteiger partial charge is 0.465 e. The highest BCUT2D eigenvalue weighted by molar-refractivity contribution is 7.85. The molecule has 1 heterocycles. The van der Waals surface area contributed by atoms with Crippen molar-refractivity contribution in [3.8, 4) is 0 Å². The van der Waals surface area contributed by atoms with Crippen molar-refractivity contribution < 1.29 is 27.6 Å². The summed E-state index contributed by atoms with van der Waals surface area (Å²) in [5.41, 5.74) is -1.99. The summed E-state index contributed by atoms with van der Waals surface area (Å²) in [4.78, 5) is 12.1. The monoisotopic (exact) mass is 281 g/mol. The minimum Gasteiger partial charge on any atom is -0.465 e. The van der Waals surface area contributed by atoms with Crippen LogP contribution in [0, 0.1) is 5.41 Å². The van der Waals surface area contributed by atoms with E-state index in [4.69, 9.17) is 5.11 Å². The second kappa shape index (κ2) is 4.36. The molecule has 7 nitrogen and oxygen atoms in total. The Hall–Kier alpha value is -0.860. The SMILES string of the molecule is CC(C)(C)C1N(C(=O)O)CC1(O)COS(C)(=O)=O. The van der Waals surface area contributed by atoms with E-state index in [1.807, 2.05) is 0 Å². The summed E-state index contributed by atoms with van der Waals surface area (Å²) in [6, 6.07) is -0.704. The van der Waals surface area contributed by atoms with Gasteiger partial charge in [0, 0.05) is 0 Å². The molecule has 0 bridgehead atoms. The van der Waals surface area contributed by atoms with Gasteiger partial charge in [0.2, 0.25) is 0 Å². The number of aliphatic hydroxyl groups is 1. The van der Waals surface area contributed by atoms with E-state index in [1.54, 1.807) is 20.8 Å². The Balaban J connectivity index is 2.86. The van der Waals surface area contributed by atoms with Gasteiger partial charge in [-0.15, -0.1) is 0 Å². The number of likely N-dealkylation sites (tertiary alicyclic amines) is 1. The van der Waals surface area contributed by atoms with Gasteiger partial charge in [0.25, 0.3) is 10.1 Å². The lowest BCUT2D eigenvalue weighted by molar-refractivity contribution is -0.185. The Labute approximate surface area is 106 Å². The Morgan fingerprint density at radius 2 is 2.00 bits per heavy atom.